The molecule has 2 atom stereocenters. The summed E-state index contributed by atoms with van der Waals surface area (Å²) in [5.41, 5.74) is 0.590. The Morgan fingerprint density at radius 3 is 2.15 bits per heavy atom. The Hall–Kier alpha value is -0.930. The van der Waals surface area contributed by atoms with E-state index in [1.165, 1.54) is 18.7 Å². The maximum atomic E-state index is 13.8. The molecule has 2 saturated heterocycles. The predicted molar refractivity (Wildman–Crippen MR) is 78.2 cm³/mol. The summed E-state index contributed by atoms with van der Waals surface area (Å²) in [6.45, 7) is 6.37. The highest BCUT2D eigenvalue weighted by atomic mass is 19.1. The van der Waals surface area contributed by atoms with Gasteiger partial charge in [-0.1, -0.05) is 30.3 Å². The molecule has 3 fully saturated rings. The zero-order valence-electron chi connectivity index (χ0n) is 12.0. The van der Waals surface area contributed by atoms with Crippen molar-refractivity contribution < 1.29 is 4.39 Å². The highest BCUT2D eigenvalue weighted by molar-refractivity contribution is 5.15. The van der Waals surface area contributed by atoms with Gasteiger partial charge in [0.15, 0.2) is 0 Å². The molecule has 1 aromatic rings. The molecule has 1 aliphatic carbocycles. The number of hydrogen-bond acceptors (Lipinski definition) is 2. The summed E-state index contributed by atoms with van der Waals surface area (Å²) < 4.78 is 13.8. The minimum absolute atomic E-state index is 0.693. The molecule has 1 aromatic carbocycles. The number of hydrogen-bond donors (Lipinski definition) is 0. The molecular weight excluding hydrogens is 251 g/mol. The number of benzene rings is 1. The average Bonchev–Trinajstić information content (AvgIpc) is 2.86. The van der Waals surface area contributed by atoms with Crippen molar-refractivity contribution in [2.75, 3.05) is 32.7 Å². The molecule has 3 heteroatoms. The Bertz CT molecular complexity index is 457. The minimum atomic E-state index is -0.817. The molecule has 3 aliphatic rings. The molecule has 0 N–H and O–H groups in total. The summed E-state index contributed by atoms with van der Waals surface area (Å²) in [4.78, 5) is 4.95. The van der Waals surface area contributed by atoms with Crippen LogP contribution in [0.25, 0.3) is 0 Å². The molecule has 0 bridgehead atoms. The van der Waals surface area contributed by atoms with Crippen molar-refractivity contribution in [1.82, 2.24) is 9.80 Å². The van der Waals surface area contributed by atoms with Crippen molar-refractivity contribution in [2.24, 2.45) is 11.8 Å². The first-order valence-corrected chi connectivity index (χ1v) is 7.88. The zero-order valence-corrected chi connectivity index (χ0v) is 12.0. The lowest BCUT2D eigenvalue weighted by Crippen LogP contribution is -2.33. The predicted octanol–water partition coefficient (Wildman–Crippen LogP) is 2.55. The van der Waals surface area contributed by atoms with E-state index in [1.807, 2.05) is 0 Å². The van der Waals surface area contributed by atoms with Crippen LogP contribution in [0.3, 0.4) is 0 Å². The average molecular weight is 274 g/mol. The smallest absolute Gasteiger partial charge is 0.123 e. The van der Waals surface area contributed by atoms with Crippen molar-refractivity contribution in [2.45, 2.75) is 25.1 Å². The highest BCUT2D eigenvalue weighted by Crippen LogP contribution is 2.42. The van der Waals surface area contributed by atoms with Crippen molar-refractivity contribution in [3.8, 4) is 0 Å². The number of rotatable bonds is 4. The number of halogens is 1. The fourth-order valence-corrected chi connectivity index (χ4v) is 3.98. The SMILES string of the molecule is FC1(CN2C[C@H]3CN(Cc4ccccc4)C[C@H]3C2)CC1. The van der Waals surface area contributed by atoms with Gasteiger partial charge < -0.3 is 0 Å². The second kappa shape index (κ2) is 4.81. The lowest BCUT2D eigenvalue weighted by molar-refractivity contribution is 0.181. The molecule has 4 rings (SSSR count). The van der Waals surface area contributed by atoms with Crippen LogP contribution in [0.1, 0.15) is 18.4 Å². The fraction of sp³-hybridized carbons (Fsp3) is 0.647. The van der Waals surface area contributed by atoms with Crippen LogP contribution in [0.2, 0.25) is 0 Å². The van der Waals surface area contributed by atoms with Gasteiger partial charge in [0.05, 0.1) is 0 Å². The van der Waals surface area contributed by atoms with E-state index in [2.05, 4.69) is 40.1 Å². The van der Waals surface area contributed by atoms with Crippen LogP contribution in [0.15, 0.2) is 30.3 Å². The first-order valence-electron chi connectivity index (χ1n) is 7.88. The van der Waals surface area contributed by atoms with E-state index in [0.717, 1.165) is 44.3 Å². The fourth-order valence-electron chi connectivity index (χ4n) is 3.98. The third-order valence-corrected chi connectivity index (χ3v) is 5.19. The van der Waals surface area contributed by atoms with E-state index in [9.17, 15) is 4.39 Å². The summed E-state index contributed by atoms with van der Waals surface area (Å²) in [6, 6.07) is 10.7. The summed E-state index contributed by atoms with van der Waals surface area (Å²) in [7, 11) is 0. The van der Waals surface area contributed by atoms with E-state index in [4.69, 9.17) is 0 Å². The number of likely N-dealkylation sites (tertiary alicyclic amines) is 2. The van der Waals surface area contributed by atoms with Crippen LogP contribution in [0.4, 0.5) is 4.39 Å². The maximum absolute atomic E-state index is 13.8. The second-order valence-electron chi connectivity index (χ2n) is 7.04. The van der Waals surface area contributed by atoms with Crippen molar-refractivity contribution in [1.29, 1.82) is 0 Å². The number of alkyl halides is 1. The third-order valence-electron chi connectivity index (χ3n) is 5.19. The van der Waals surface area contributed by atoms with Crippen LogP contribution in [-0.2, 0) is 6.54 Å². The lowest BCUT2D eigenvalue weighted by atomic mass is 10.0. The van der Waals surface area contributed by atoms with Gasteiger partial charge in [-0.15, -0.1) is 0 Å². The first kappa shape index (κ1) is 12.8. The van der Waals surface area contributed by atoms with Crippen LogP contribution in [0.5, 0.6) is 0 Å². The molecule has 0 aromatic heterocycles. The molecule has 0 amide bonds. The summed E-state index contributed by atoms with van der Waals surface area (Å²) in [6.07, 6.45) is 1.58. The van der Waals surface area contributed by atoms with Crippen LogP contribution in [0, 0.1) is 11.8 Å². The maximum Gasteiger partial charge on any atom is 0.123 e. The molecule has 0 spiro atoms. The monoisotopic (exact) mass is 274 g/mol. The standard InChI is InChI=1S/C17H23FN2/c18-17(6-7-17)13-20-11-15-9-19(10-16(15)12-20)8-14-4-2-1-3-5-14/h1-5,15-16H,6-13H2/t15-,16+. The van der Waals surface area contributed by atoms with Gasteiger partial charge in [0.2, 0.25) is 0 Å². The van der Waals surface area contributed by atoms with E-state index < -0.39 is 5.67 Å². The Labute approximate surface area is 120 Å². The molecule has 0 unspecified atom stereocenters. The summed E-state index contributed by atoms with van der Waals surface area (Å²) >= 11 is 0. The number of nitrogens with zero attached hydrogens (tertiary/aromatic N) is 2. The van der Waals surface area contributed by atoms with Crippen LogP contribution in [-0.4, -0.2) is 48.2 Å². The van der Waals surface area contributed by atoms with Crippen molar-refractivity contribution in [3.63, 3.8) is 0 Å². The van der Waals surface area contributed by atoms with Crippen molar-refractivity contribution in [3.05, 3.63) is 35.9 Å². The quantitative estimate of drug-likeness (QED) is 0.832. The topological polar surface area (TPSA) is 6.48 Å². The van der Waals surface area contributed by atoms with E-state index in [-0.39, 0.29) is 0 Å². The molecule has 108 valence electrons. The lowest BCUT2D eigenvalue weighted by Gasteiger charge is -2.22. The Morgan fingerprint density at radius 2 is 1.55 bits per heavy atom. The van der Waals surface area contributed by atoms with E-state index >= 15 is 0 Å². The zero-order chi connectivity index (χ0) is 13.6. The highest BCUT2D eigenvalue weighted by Gasteiger charge is 2.48. The molecule has 1 saturated carbocycles. The molecule has 0 radical (unpaired) electrons. The van der Waals surface area contributed by atoms with Gasteiger partial charge in [0.25, 0.3) is 0 Å². The van der Waals surface area contributed by atoms with Gasteiger partial charge in [-0.2, -0.15) is 0 Å². The molecule has 2 nitrogen and oxygen atoms in total. The van der Waals surface area contributed by atoms with Crippen molar-refractivity contribution >= 4 is 0 Å². The Kier molecular flexibility index (Phi) is 3.08. The number of fused-ring (bicyclic) bond motifs is 1. The Morgan fingerprint density at radius 1 is 0.950 bits per heavy atom. The molecular formula is C17H23FN2. The molecule has 2 aliphatic heterocycles. The summed E-state index contributed by atoms with van der Waals surface area (Å²) in [5.74, 6) is 1.53. The van der Waals surface area contributed by atoms with Gasteiger partial charge >= 0.3 is 0 Å². The normalized spacial score (nSPS) is 32.5. The van der Waals surface area contributed by atoms with E-state index in [1.54, 1.807) is 0 Å². The van der Waals surface area contributed by atoms with E-state index in [0.29, 0.717) is 6.54 Å². The minimum Gasteiger partial charge on any atom is -0.299 e. The summed E-state index contributed by atoms with van der Waals surface area (Å²) in [5, 5.41) is 0. The van der Waals surface area contributed by atoms with Gasteiger partial charge in [-0.05, 0) is 30.2 Å². The van der Waals surface area contributed by atoms with Gasteiger partial charge in [-0.25, -0.2) is 4.39 Å². The first-order chi connectivity index (χ1) is 9.70. The van der Waals surface area contributed by atoms with Crippen LogP contribution >= 0.6 is 0 Å². The molecule has 20 heavy (non-hydrogen) atoms. The molecule has 2 heterocycles. The van der Waals surface area contributed by atoms with Gasteiger partial charge in [0.1, 0.15) is 5.67 Å². The largest absolute Gasteiger partial charge is 0.299 e. The van der Waals surface area contributed by atoms with Gasteiger partial charge in [0, 0.05) is 39.3 Å². The van der Waals surface area contributed by atoms with Gasteiger partial charge in [-0.3, -0.25) is 9.80 Å². The second-order valence-corrected chi connectivity index (χ2v) is 7.04. The Balaban J connectivity index is 1.30. The third kappa shape index (κ3) is 2.61. The van der Waals surface area contributed by atoms with Crippen LogP contribution < -0.4 is 0 Å².